The normalized spacial score (nSPS) is 19.8. The average Bonchev–Trinajstić information content (AvgIpc) is 3.36. The average molecular weight is 1050 g/mol. The van der Waals surface area contributed by atoms with E-state index in [1.807, 2.05) is 48.5 Å². The molecule has 8 atom stereocenters. The molecule has 0 aromatic heterocycles. The van der Waals surface area contributed by atoms with Crippen LogP contribution in [0.15, 0.2) is 133 Å². The van der Waals surface area contributed by atoms with Crippen LogP contribution in [-0.2, 0) is 46.2 Å². The molecule has 0 amide bonds. The molecule has 75 heavy (non-hydrogen) atoms. The number of benzene rings is 4. The van der Waals surface area contributed by atoms with Gasteiger partial charge in [0.25, 0.3) is 8.32 Å². The van der Waals surface area contributed by atoms with E-state index in [1.165, 1.54) is 24.2 Å². The number of hydrogen-bond acceptors (Lipinski definition) is 12. The number of hydrogen-bond donors (Lipinski definition) is 3. The number of ether oxygens (including phenoxy) is 6. The van der Waals surface area contributed by atoms with Crippen molar-refractivity contribution < 1.29 is 57.8 Å². The molecular formula is C62H86O12Si. The standard InChI is InChI=1S/C39H52O6Si.C23H34O6/c1-29-23-35(26-32(41)25-30(2)40)45-36(24-29)27-34(43-28-31-17-19-33(42-6)20-18-31)21-22-44-46(39(3,4)5,37-13-9-7-10-14-37)38-15-11-8-12-16-38;1-16-10-22(13-19(26)12-17(2)25)29-23(11-16)14-21(8-9-24)28-15-18-4-6-20(27-3)7-5-18/h7-20,32,34-36,41H,1,21-28H2,2-6H3;4-7,19,21-24,26H,1,8-15H2,2-3H3/t32-,34-,35+,36-;19-,21-,22+,23-/m00/s1. The Kier molecular flexibility index (Phi) is 25.1. The van der Waals surface area contributed by atoms with Crippen molar-refractivity contribution in [2.45, 2.75) is 179 Å². The molecule has 0 saturated carbocycles. The van der Waals surface area contributed by atoms with Crippen LogP contribution in [0.4, 0.5) is 0 Å². The quantitative estimate of drug-likeness (QED) is 0.0366. The van der Waals surface area contributed by atoms with Crippen molar-refractivity contribution in [3.8, 4) is 11.5 Å². The maximum Gasteiger partial charge on any atom is 0.261 e. The molecule has 2 saturated heterocycles. The van der Waals surface area contributed by atoms with Crippen LogP contribution < -0.4 is 19.8 Å². The molecule has 6 rings (SSSR count). The van der Waals surface area contributed by atoms with Gasteiger partial charge in [-0.15, -0.1) is 0 Å². The highest BCUT2D eigenvalue weighted by molar-refractivity contribution is 6.99. The lowest BCUT2D eigenvalue weighted by Crippen LogP contribution is -2.66. The summed E-state index contributed by atoms with van der Waals surface area (Å²) in [5, 5.41) is 32.3. The van der Waals surface area contributed by atoms with Gasteiger partial charge < -0.3 is 48.2 Å². The number of rotatable bonds is 28. The highest BCUT2D eigenvalue weighted by atomic mass is 28.4. The van der Waals surface area contributed by atoms with Crippen molar-refractivity contribution in [1.29, 1.82) is 0 Å². The molecule has 13 heteroatoms. The van der Waals surface area contributed by atoms with Gasteiger partial charge in [-0.1, -0.05) is 130 Å². The monoisotopic (exact) mass is 1050 g/mol. The van der Waals surface area contributed by atoms with E-state index < -0.39 is 20.5 Å². The number of aliphatic hydroxyl groups is 3. The van der Waals surface area contributed by atoms with Crippen LogP contribution in [0.5, 0.6) is 11.5 Å². The summed E-state index contributed by atoms with van der Waals surface area (Å²) in [6.45, 7) is 19.7. The van der Waals surface area contributed by atoms with Crippen LogP contribution >= 0.6 is 0 Å². The van der Waals surface area contributed by atoms with Crippen LogP contribution in [-0.4, -0.2) is 111 Å². The molecule has 0 radical (unpaired) electrons. The summed E-state index contributed by atoms with van der Waals surface area (Å²) in [5.41, 5.74) is 4.29. The molecule has 4 aromatic rings. The van der Waals surface area contributed by atoms with Gasteiger partial charge in [-0.3, -0.25) is 9.59 Å². The SMILES string of the molecule is C=C1C[C@H](C[C@@H](O)CC(C)=O)O[C@H](C[C@H](CCO)OCc2ccc(OC)cc2)C1.C=C1C[C@H](C[C@@H](O)CC(C)=O)O[C@H](C[C@H](CCO[Si](c2ccccc2)(c2ccccc2)C(C)(C)C)OCc2ccc(OC)cc2)C1. The van der Waals surface area contributed by atoms with E-state index in [4.69, 9.17) is 32.8 Å². The Labute approximate surface area is 448 Å². The van der Waals surface area contributed by atoms with Crippen LogP contribution in [0.25, 0.3) is 0 Å². The fourth-order valence-corrected chi connectivity index (χ4v) is 15.0. The maximum atomic E-state index is 11.6. The van der Waals surface area contributed by atoms with E-state index in [0.717, 1.165) is 46.6 Å². The fourth-order valence-electron chi connectivity index (χ4n) is 10.4. The van der Waals surface area contributed by atoms with Gasteiger partial charge in [-0.05, 0) is 103 Å². The summed E-state index contributed by atoms with van der Waals surface area (Å²) in [7, 11) is 0.607. The molecule has 12 nitrogen and oxygen atoms in total. The van der Waals surface area contributed by atoms with E-state index >= 15 is 0 Å². The van der Waals surface area contributed by atoms with Crippen LogP contribution in [0.2, 0.25) is 5.04 Å². The van der Waals surface area contributed by atoms with Gasteiger partial charge in [0.05, 0.1) is 76.3 Å². The Morgan fingerprint density at radius 2 is 0.973 bits per heavy atom. The molecule has 2 fully saturated rings. The van der Waals surface area contributed by atoms with Gasteiger partial charge in [0.2, 0.25) is 0 Å². The smallest absolute Gasteiger partial charge is 0.261 e. The molecule has 2 heterocycles. The molecule has 3 N–H and O–H groups in total. The van der Waals surface area contributed by atoms with Crippen molar-refractivity contribution in [3.05, 3.63) is 145 Å². The number of carbonyl (C=O) groups is 2. The Hall–Kier alpha value is -4.80. The Morgan fingerprint density at radius 1 is 0.600 bits per heavy atom. The predicted molar refractivity (Wildman–Crippen MR) is 298 cm³/mol. The van der Waals surface area contributed by atoms with Gasteiger partial charge in [-0.2, -0.15) is 0 Å². The fraction of sp³-hybridized carbons (Fsp3) is 0.516. The third kappa shape index (κ3) is 20.3. The van der Waals surface area contributed by atoms with Crippen LogP contribution in [0, 0.1) is 0 Å². The van der Waals surface area contributed by atoms with Crippen molar-refractivity contribution >= 4 is 30.3 Å². The van der Waals surface area contributed by atoms with Crippen molar-refractivity contribution in [2.75, 3.05) is 27.4 Å². The third-order valence-corrected chi connectivity index (χ3v) is 19.0. The Bertz CT molecular complexity index is 2280. The number of methoxy groups -OCH3 is 2. The van der Waals surface area contributed by atoms with E-state index in [1.54, 1.807) is 14.2 Å². The van der Waals surface area contributed by atoms with Crippen molar-refractivity contribution in [1.82, 2.24) is 0 Å². The van der Waals surface area contributed by atoms with E-state index in [2.05, 4.69) is 94.6 Å². The minimum Gasteiger partial charge on any atom is -0.497 e. The Balaban J connectivity index is 0.000000308. The summed E-state index contributed by atoms with van der Waals surface area (Å²) in [6, 6.07) is 37.0. The second-order valence-corrected chi connectivity index (χ2v) is 25.8. The minimum absolute atomic E-state index is 0.0217. The zero-order valence-corrected chi connectivity index (χ0v) is 46.8. The minimum atomic E-state index is -2.69. The number of carbonyl (C=O) groups excluding carboxylic acids is 2. The molecule has 0 unspecified atom stereocenters. The molecule has 2 aliphatic rings. The zero-order chi connectivity index (χ0) is 54.4. The lowest BCUT2D eigenvalue weighted by molar-refractivity contribution is -0.121. The maximum absolute atomic E-state index is 11.6. The number of aliphatic hydroxyl groups excluding tert-OH is 3. The summed E-state index contributed by atoms with van der Waals surface area (Å²) < 4.78 is 43.0. The zero-order valence-electron chi connectivity index (χ0n) is 45.8. The first-order valence-electron chi connectivity index (χ1n) is 26.7. The molecule has 4 aromatic carbocycles. The van der Waals surface area contributed by atoms with Crippen molar-refractivity contribution in [2.24, 2.45) is 0 Å². The third-order valence-electron chi connectivity index (χ3n) is 13.9. The first-order valence-corrected chi connectivity index (χ1v) is 28.6. The molecule has 410 valence electrons. The van der Waals surface area contributed by atoms with Gasteiger partial charge in [-0.25, -0.2) is 0 Å². The van der Waals surface area contributed by atoms with Crippen molar-refractivity contribution in [3.63, 3.8) is 0 Å². The second kappa shape index (κ2) is 30.8. The van der Waals surface area contributed by atoms with Gasteiger partial charge in [0.15, 0.2) is 0 Å². The van der Waals surface area contributed by atoms with E-state index in [0.29, 0.717) is 71.2 Å². The van der Waals surface area contributed by atoms with Gasteiger partial charge >= 0.3 is 0 Å². The lowest BCUT2D eigenvalue weighted by atomic mass is 9.92. The highest BCUT2D eigenvalue weighted by Crippen LogP contribution is 2.38. The number of ketones is 2. The number of Topliss-reactive ketones (excluding diaryl/α,β-unsaturated/α-hetero) is 2. The molecule has 2 aliphatic heterocycles. The largest absolute Gasteiger partial charge is 0.497 e. The van der Waals surface area contributed by atoms with E-state index in [9.17, 15) is 24.9 Å². The highest BCUT2D eigenvalue weighted by Gasteiger charge is 2.50. The lowest BCUT2D eigenvalue weighted by Gasteiger charge is -2.43. The summed E-state index contributed by atoms with van der Waals surface area (Å²) in [5.74, 6) is 1.56. The summed E-state index contributed by atoms with van der Waals surface area (Å²) in [6.07, 6.45) is 4.42. The van der Waals surface area contributed by atoms with E-state index in [-0.39, 0.29) is 72.7 Å². The first-order chi connectivity index (χ1) is 35.9. The van der Waals surface area contributed by atoms with Crippen LogP contribution in [0.1, 0.15) is 123 Å². The second-order valence-electron chi connectivity index (χ2n) is 21.5. The topological polar surface area (TPSA) is 159 Å². The molecule has 0 aliphatic carbocycles. The predicted octanol–water partition coefficient (Wildman–Crippen LogP) is 9.96. The van der Waals surface area contributed by atoms with Gasteiger partial charge in [0.1, 0.15) is 23.1 Å². The first kappa shape index (κ1) is 61.1. The van der Waals surface area contributed by atoms with Crippen LogP contribution in [0.3, 0.4) is 0 Å². The molecule has 0 bridgehead atoms. The summed E-state index contributed by atoms with van der Waals surface area (Å²) >= 11 is 0. The molecule has 0 spiro atoms. The molecular weight excluding hydrogens is 965 g/mol. The summed E-state index contributed by atoms with van der Waals surface area (Å²) in [4.78, 5) is 22.8. The van der Waals surface area contributed by atoms with Gasteiger partial charge in [0, 0.05) is 51.7 Å². The Morgan fingerprint density at radius 3 is 1.32 bits per heavy atom.